The lowest BCUT2D eigenvalue weighted by Crippen LogP contribution is -2.23. The number of anilines is 1. The number of halogens is 1. The fraction of sp³-hybridized carbons (Fsp3) is 0.357. The third-order valence-corrected chi connectivity index (χ3v) is 3.58. The molecule has 1 aliphatic carbocycles. The van der Waals surface area contributed by atoms with Crippen molar-refractivity contribution < 1.29 is 4.79 Å². The minimum absolute atomic E-state index is 0. The molecule has 1 heterocycles. The number of amides is 1. The third-order valence-electron chi connectivity index (χ3n) is 3.58. The molecule has 0 radical (unpaired) electrons. The van der Waals surface area contributed by atoms with Crippen LogP contribution in [0.1, 0.15) is 19.3 Å². The molecule has 2 unspecified atom stereocenters. The van der Waals surface area contributed by atoms with Crippen LogP contribution >= 0.6 is 12.4 Å². The van der Waals surface area contributed by atoms with Crippen LogP contribution in [0.15, 0.2) is 30.6 Å². The maximum atomic E-state index is 12.1. The molecule has 3 N–H and O–H groups in total. The highest BCUT2D eigenvalue weighted by molar-refractivity contribution is 5.94. The summed E-state index contributed by atoms with van der Waals surface area (Å²) in [5, 5.41) is 2.93. The van der Waals surface area contributed by atoms with Crippen molar-refractivity contribution in [3.05, 3.63) is 30.6 Å². The number of nitrogens with zero attached hydrogens (tertiary/aromatic N) is 2. The van der Waals surface area contributed by atoms with E-state index in [0.29, 0.717) is 0 Å². The van der Waals surface area contributed by atoms with Gasteiger partial charge in [0.15, 0.2) is 0 Å². The van der Waals surface area contributed by atoms with Gasteiger partial charge < -0.3 is 11.1 Å². The van der Waals surface area contributed by atoms with Crippen LogP contribution in [0, 0.1) is 5.92 Å². The summed E-state index contributed by atoms with van der Waals surface area (Å²) < 4.78 is 0. The number of fused-ring (bicyclic) bond motifs is 1. The number of rotatable bonds is 2. The van der Waals surface area contributed by atoms with Crippen molar-refractivity contribution >= 4 is 35.0 Å². The molecule has 0 saturated heterocycles. The summed E-state index contributed by atoms with van der Waals surface area (Å²) in [6.45, 7) is 0. The number of hydrogen-bond acceptors (Lipinski definition) is 4. The maximum absolute atomic E-state index is 12.1. The summed E-state index contributed by atoms with van der Waals surface area (Å²) in [6.07, 6.45) is 5.88. The predicted molar refractivity (Wildman–Crippen MR) is 80.7 cm³/mol. The zero-order valence-electron chi connectivity index (χ0n) is 11.0. The Morgan fingerprint density at radius 1 is 1.20 bits per heavy atom. The van der Waals surface area contributed by atoms with Gasteiger partial charge in [-0.25, -0.2) is 0 Å². The van der Waals surface area contributed by atoms with Crippen molar-refractivity contribution in [2.45, 2.75) is 25.3 Å². The Bertz CT molecular complexity index is 619. The van der Waals surface area contributed by atoms with Gasteiger partial charge in [-0.15, -0.1) is 12.4 Å². The van der Waals surface area contributed by atoms with E-state index in [4.69, 9.17) is 5.73 Å². The summed E-state index contributed by atoms with van der Waals surface area (Å²) >= 11 is 0. The molecule has 1 aliphatic rings. The normalized spacial score (nSPS) is 21.4. The standard InChI is InChI=1S/C14H16N4O.ClH/c15-10-2-1-9(7-10)14(19)18-11-3-4-12-13(8-11)17-6-5-16-12;/h3-6,8-10H,1-2,7,15H2,(H,18,19);1H. The maximum Gasteiger partial charge on any atom is 0.227 e. The van der Waals surface area contributed by atoms with Gasteiger partial charge in [0.2, 0.25) is 5.91 Å². The second kappa shape index (κ2) is 6.15. The minimum Gasteiger partial charge on any atom is -0.328 e. The molecule has 0 spiro atoms. The molecule has 6 heteroatoms. The Morgan fingerprint density at radius 3 is 2.65 bits per heavy atom. The molecular weight excluding hydrogens is 276 g/mol. The molecule has 0 bridgehead atoms. The number of nitrogens with two attached hydrogens (primary N) is 1. The molecule has 1 fully saturated rings. The first-order valence-corrected chi connectivity index (χ1v) is 6.49. The SMILES string of the molecule is Cl.NC1CCC(C(=O)Nc2ccc3nccnc3c2)C1. The van der Waals surface area contributed by atoms with Gasteiger partial charge in [0.1, 0.15) is 0 Å². The second-order valence-electron chi connectivity index (χ2n) is 5.02. The summed E-state index contributed by atoms with van der Waals surface area (Å²) in [7, 11) is 0. The van der Waals surface area contributed by atoms with E-state index in [0.717, 1.165) is 36.0 Å². The molecule has 2 aromatic rings. The fourth-order valence-electron chi connectivity index (χ4n) is 2.54. The number of hydrogen-bond donors (Lipinski definition) is 2. The molecule has 1 amide bonds. The molecule has 106 valence electrons. The quantitative estimate of drug-likeness (QED) is 0.888. The lowest BCUT2D eigenvalue weighted by Gasteiger charge is -2.11. The van der Waals surface area contributed by atoms with E-state index in [1.165, 1.54) is 0 Å². The van der Waals surface area contributed by atoms with Crippen LogP contribution in [0.2, 0.25) is 0 Å². The van der Waals surface area contributed by atoms with Gasteiger partial charge in [-0.1, -0.05) is 0 Å². The van der Waals surface area contributed by atoms with Crippen LogP contribution in [0.4, 0.5) is 5.69 Å². The molecular formula is C14H17ClN4O. The van der Waals surface area contributed by atoms with E-state index < -0.39 is 0 Å². The molecule has 1 aromatic carbocycles. The summed E-state index contributed by atoms with van der Waals surface area (Å²) in [4.78, 5) is 20.5. The van der Waals surface area contributed by atoms with Crippen molar-refractivity contribution in [3.63, 3.8) is 0 Å². The number of nitrogens with one attached hydrogen (secondary N) is 1. The molecule has 2 atom stereocenters. The fourth-order valence-corrected chi connectivity index (χ4v) is 2.54. The third kappa shape index (κ3) is 3.05. The molecule has 20 heavy (non-hydrogen) atoms. The van der Waals surface area contributed by atoms with E-state index in [-0.39, 0.29) is 30.3 Å². The Hall–Kier alpha value is -1.72. The molecule has 1 aromatic heterocycles. The Kier molecular flexibility index (Phi) is 4.52. The Balaban J connectivity index is 0.00000147. The summed E-state index contributed by atoms with van der Waals surface area (Å²) in [6, 6.07) is 5.72. The number of aromatic nitrogens is 2. The van der Waals surface area contributed by atoms with Gasteiger partial charge >= 0.3 is 0 Å². The first-order valence-electron chi connectivity index (χ1n) is 6.49. The van der Waals surface area contributed by atoms with Crippen LogP contribution in [-0.4, -0.2) is 21.9 Å². The monoisotopic (exact) mass is 292 g/mol. The highest BCUT2D eigenvalue weighted by atomic mass is 35.5. The van der Waals surface area contributed by atoms with Gasteiger partial charge in [-0.3, -0.25) is 14.8 Å². The average molecular weight is 293 g/mol. The first-order chi connectivity index (χ1) is 9.22. The molecule has 3 rings (SSSR count). The molecule has 5 nitrogen and oxygen atoms in total. The second-order valence-corrected chi connectivity index (χ2v) is 5.02. The van der Waals surface area contributed by atoms with E-state index in [9.17, 15) is 4.79 Å². The van der Waals surface area contributed by atoms with E-state index in [1.54, 1.807) is 12.4 Å². The van der Waals surface area contributed by atoms with Gasteiger partial charge in [-0.2, -0.15) is 0 Å². The largest absolute Gasteiger partial charge is 0.328 e. The smallest absolute Gasteiger partial charge is 0.227 e. The van der Waals surface area contributed by atoms with Crippen LogP contribution in [0.5, 0.6) is 0 Å². The summed E-state index contributed by atoms with van der Waals surface area (Å²) in [5.41, 5.74) is 8.20. The predicted octanol–water partition coefficient (Wildman–Crippen LogP) is 2.12. The topological polar surface area (TPSA) is 80.9 Å². The van der Waals surface area contributed by atoms with E-state index in [2.05, 4.69) is 15.3 Å². The highest BCUT2D eigenvalue weighted by Crippen LogP contribution is 2.25. The van der Waals surface area contributed by atoms with Crippen LogP contribution in [0.25, 0.3) is 11.0 Å². The van der Waals surface area contributed by atoms with Crippen LogP contribution in [0.3, 0.4) is 0 Å². The lowest BCUT2D eigenvalue weighted by molar-refractivity contribution is -0.119. The van der Waals surface area contributed by atoms with E-state index in [1.807, 2.05) is 18.2 Å². The van der Waals surface area contributed by atoms with Crippen molar-refractivity contribution in [3.8, 4) is 0 Å². The number of carbonyl (C=O) groups is 1. The summed E-state index contributed by atoms with van der Waals surface area (Å²) in [5.74, 6) is 0.0868. The van der Waals surface area contributed by atoms with Crippen molar-refractivity contribution in [1.82, 2.24) is 9.97 Å². The van der Waals surface area contributed by atoms with Crippen molar-refractivity contribution in [2.75, 3.05) is 5.32 Å². The highest BCUT2D eigenvalue weighted by Gasteiger charge is 2.27. The number of benzene rings is 1. The van der Waals surface area contributed by atoms with E-state index >= 15 is 0 Å². The van der Waals surface area contributed by atoms with Crippen LogP contribution < -0.4 is 11.1 Å². The average Bonchev–Trinajstić information content (AvgIpc) is 2.85. The zero-order chi connectivity index (χ0) is 13.2. The molecule has 1 saturated carbocycles. The molecule has 0 aliphatic heterocycles. The van der Waals surface area contributed by atoms with Gasteiger partial charge in [-0.05, 0) is 37.5 Å². The van der Waals surface area contributed by atoms with Crippen molar-refractivity contribution in [1.29, 1.82) is 0 Å². The Labute approximate surface area is 123 Å². The van der Waals surface area contributed by atoms with Gasteiger partial charge in [0, 0.05) is 30.0 Å². The lowest BCUT2D eigenvalue weighted by atomic mass is 10.1. The Morgan fingerprint density at radius 2 is 1.95 bits per heavy atom. The first kappa shape index (κ1) is 14.7. The van der Waals surface area contributed by atoms with Crippen molar-refractivity contribution in [2.24, 2.45) is 11.7 Å². The zero-order valence-corrected chi connectivity index (χ0v) is 11.8. The van der Waals surface area contributed by atoms with Gasteiger partial charge in [0.05, 0.1) is 11.0 Å². The minimum atomic E-state index is 0. The number of carbonyl (C=O) groups excluding carboxylic acids is 1. The van der Waals surface area contributed by atoms with Crippen LogP contribution in [-0.2, 0) is 4.79 Å². The van der Waals surface area contributed by atoms with Gasteiger partial charge in [0.25, 0.3) is 0 Å².